The Hall–Kier alpha value is -4.10. The van der Waals surface area contributed by atoms with Gasteiger partial charge in [0.05, 0.1) is 12.8 Å². The molecule has 13 heteroatoms. The summed E-state index contributed by atoms with van der Waals surface area (Å²) in [5, 5.41) is 19.9. The largest absolute Gasteiger partial charge is 0.474 e. The molecule has 0 saturated heterocycles. The number of thiazole rings is 1. The molecule has 4 rings (SSSR count). The van der Waals surface area contributed by atoms with E-state index in [1.165, 1.54) is 25.1 Å². The normalized spacial score (nSPS) is 12.5. The first-order valence-corrected chi connectivity index (χ1v) is 13.2. The number of aromatic carboxylic acids is 1. The first-order valence-electron chi connectivity index (χ1n) is 11.8. The standard InChI is InChI=1S/C26H25F2N3O7S/c1-4-39-22(25(34)35)23(37-14(2)18-7-5-16(12-32)9-20(18)38-26(27)28)30-24(39)19-10-29-21-8-6-17(11-31(19)21)13-36-15(3)33/h5-11,14,26,32H,4,12-13H2,1-3H3/p+1/t14-,39?/m1/s1. The summed E-state index contributed by atoms with van der Waals surface area (Å²) in [6.45, 7) is 1.27. The predicted molar refractivity (Wildman–Crippen MR) is 137 cm³/mol. The van der Waals surface area contributed by atoms with Crippen LogP contribution in [0.25, 0.3) is 16.3 Å². The second-order valence-corrected chi connectivity index (χ2v) is 10.5. The number of aromatic nitrogens is 3. The van der Waals surface area contributed by atoms with Crippen LogP contribution in [0.15, 0.2) is 42.7 Å². The summed E-state index contributed by atoms with van der Waals surface area (Å²) in [4.78, 5) is 32.5. The molecule has 4 aromatic rings. The molecule has 0 amide bonds. The highest BCUT2D eigenvalue weighted by atomic mass is 32.2. The van der Waals surface area contributed by atoms with Crippen LogP contribution in [-0.4, -0.2) is 43.1 Å². The molecule has 10 nitrogen and oxygen atoms in total. The average Bonchev–Trinajstić information content (AvgIpc) is 3.47. The second kappa shape index (κ2) is 11.7. The van der Waals surface area contributed by atoms with Gasteiger partial charge in [0.25, 0.3) is 10.9 Å². The van der Waals surface area contributed by atoms with E-state index in [1.54, 1.807) is 35.9 Å². The minimum atomic E-state index is -3.11. The number of hydrogen-bond acceptors (Lipinski definition) is 8. The van der Waals surface area contributed by atoms with Crippen molar-refractivity contribution in [2.75, 3.05) is 0 Å². The molecule has 1 unspecified atom stereocenters. The number of carbonyl (C=O) groups is 2. The van der Waals surface area contributed by atoms with Crippen LogP contribution in [0.5, 0.6) is 11.6 Å². The number of imidazole rings is 1. The number of nitrogens with zero attached hydrogens (tertiary/aromatic N) is 3. The van der Waals surface area contributed by atoms with E-state index in [9.17, 15) is 28.6 Å². The summed E-state index contributed by atoms with van der Waals surface area (Å²) in [5.74, 6) is -1.57. The van der Waals surface area contributed by atoms with Gasteiger partial charge in [-0.05, 0) is 31.5 Å². The Balaban J connectivity index is 1.77. The highest BCUT2D eigenvalue weighted by molar-refractivity contribution is 7.35. The van der Waals surface area contributed by atoms with Crippen molar-refractivity contribution < 1.29 is 42.8 Å². The molecule has 1 aromatic carbocycles. The fourth-order valence-electron chi connectivity index (χ4n) is 4.04. The van der Waals surface area contributed by atoms with Gasteiger partial charge in [-0.2, -0.15) is 13.8 Å². The third-order valence-corrected chi connectivity index (χ3v) is 7.98. The molecule has 0 saturated carbocycles. The first-order chi connectivity index (χ1) is 18.6. The number of pyridine rings is 1. The number of esters is 1. The number of halogens is 2. The Kier molecular flexibility index (Phi) is 8.41. The number of hydrogen-bond donors (Lipinski definition) is 2. The van der Waals surface area contributed by atoms with Crippen LogP contribution in [0.2, 0.25) is 0 Å². The number of carboxylic acids is 1. The predicted octanol–water partition coefficient (Wildman–Crippen LogP) is 5.16. The smallest absolute Gasteiger partial charge is 0.395 e. The number of aliphatic hydroxyl groups excluding tert-OH is 1. The van der Waals surface area contributed by atoms with Crippen molar-refractivity contribution in [2.24, 2.45) is 0 Å². The fourth-order valence-corrected chi connectivity index (χ4v) is 5.90. The van der Waals surface area contributed by atoms with E-state index in [0.717, 1.165) is 0 Å². The third-order valence-electron chi connectivity index (χ3n) is 5.79. The maximum Gasteiger partial charge on any atom is 0.395 e. The van der Waals surface area contributed by atoms with Gasteiger partial charge in [0.2, 0.25) is 0 Å². The lowest BCUT2D eigenvalue weighted by Gasteiger charge is -2.17. The van der Waals surface area contributed by atoms with Crippen LogP contribution in [0.1, 0.15) is 53.2 Å². The molecule has 2 atom stereocenters. The summed E-state index contributed by atoms with van der Waals surface area (Å²) in [5.41, 5.74) is 2.41. The number of ether oxygens (including phenoxy) is 3. The Morgan fingerprint density at radius 2 is 1.90 bits per heavy atom. The Bertz CT molecular complexity index is 1520. The second-order valence-electron chi connectivity index (χ2n) is 8.39. The molecule has 3 aromatic heterocycles. The molecule has 0 radical (unpaired) electrons. The number of alkyl halides is 2. The summed E-state index contributed by atoms with van der Waals surface area (Å²) >= 11 is 0. The van der Waals surface area contributed by atoms with Crippen LogP contribution in [0.4, 0.5) is 8.78 Å². The van der Waals surface area contributed by atoms with Gasteiger partial charge in [0.15, 0.2) is 0 Å². The lowest BCUT2D eigenvalue weighted by atomic mass is 10.1. The van der Waals surface area contributed by atoms with E-state index in [1.807, 2.05) is 6.92 Å². The molecule has 39 heavy (non-hydrogen) atoms. The van der Waals surface area contributed by atoms with Crippen molar-refractivity contribution in [2.45, 2.75) is 52.5 Å². The van der Waals surface area contributed by atoms with E-state index in [-0.39, 0.29) is 35.3 Å². The summed E-state index contributed by atoms with van der Waals surface area (Å²) in [6, 6.07) is 7.80. The molecule has 3 heterocycles. The van der Waals surface area contributed by atoms with Crippen LogP contribution in [0.3, 0.4) is 0 Å². The minimum absolute atomic E-state index is 0.0475. The molecule has 0 spiro atoms. The van der Waals surface area contributed by atoms with E-state index < -0.39 is 35.1 Å². The van der Waals surface area contributed by atoms with Crippen LogP contribution < -0.4 is 9.47 Å². The Morgan fingerprint density at radius 3 is 2.54 bits per heavy atom. The maximum absolute atomic E-state index is 13.1. The molecule has 0 bridgehead atoms. The van der Waals surface area contributed by atoms with Gasteiger partial charge in [0.1, 0.15) is 35.6 Å². The van der Waals surface area contributed by atoms with Crippen LogP contribution >= 0.6 is 10.5 Å². The van der Waals surface area contributed by atoms with Crippen molar-refractivity contribution in [3.63, 3.8) is 0 Å². The summed E-state index contributed by atoms with van der Waals surface area (Å²) in [7, 11) is -0.991. The van der Waals surface area contributed by atoms with E-state index in [4.69, 9.17) is 9.47 Å². The highest BCUT2D eigenvalue weighted by Gasteiger charge is 2.37. The Labute approximate surface area is 224 Å². The quantitative estimate of drug-likeness (QED) is 0.188. The number of carboxylic acid groups (broad SMARTS) is 1. The number of carbonyl (C=O) groups excluding carboxylic acids is 1. The maximum atomic E-state index is 13.1. The molecule has 0 aliphatic heterocycles. The minimum Gasteiger partial charge on any atom is -0.474 e. The van der Waals surface area contributed by atoms with Crippen molar-refractivity contribution in [1.82, 2.24) is 14.4 Å². The van der Waals surface area contributed by atoms with Crippen LogP contribution in [-0.2, 0) is 28.5 Å². The highest BCUT2D eigenvalue weighted by Crippen LogP contribution is 2.44. The number of fused-ring (bicyclic) bond motifs is 1. The molecule has 0 aliphatic rings. The van der Waals surface area contributed by atoms with E-state index in [0.29, 0.717) is 33.2 Å². The first kappa shape index (κ1) is 27.9. The number of benzene rings is 1. The third kappa shape index (κ3) is 5.99. The summed E-state index contributed by atoms with van der Waals surface area (Å²) in [6.07, 6.45) is 2.39. The molecule has 0 fully saturated rings. The molecular formula is C26H26F2N3O7S+. The molecule has 0 aliphatic carbocycles. The lowest BCUT2D eigenvalue weighted by Crippen LogP contribution is -2.11. The zero-order valence-electron chi connectivity index (χ0n) is 21.3. The van der Waals surface area contributed by atoms with Crippen molar-refractivity contribution in [3.05, 3.63) is 64.3 Å². The number of rotatable bonds is 11. The van der Waals surface area contributed by atoms with E-state index in [2.05, 4.69) is 14.7 Å². The average molecular weight is 563 g/mol. The van der Waals surface area contributed by atoms with Gasteiger partial charge in [-0.3, -0.25) is 9.20 Å². The number of aliphatic hydroxyl groups is 1. The van der Waals surface area contributed by atoms with Gasteiger partial charge >= 0.3 is 23.4 Å². The van der Waals surface area contributed by atoms with Gasteiger partial charge in [-0.1, -0.05) is 18.2 Å². The van der Waals surface area contributed by atoms with E-state index >= 15 is 0 Å². The SMILES string of the molecule is CC[s+]1c(-c2cnc3ccc(COC(C)=O)cn23)nc(O[C@H](C)c2ccc(CO)cc2OC(F)F)c1C(=O)O. The van der Waals surface area contributed by atoms with Gasteiger partial charge in [0, 0.05) is 34.7 Å². The summed E-state index contributed by atoms with van der Waals surface area (Å²) < 4.78 is 43.5. The zero-order chi connectivity index (χ0) is 28.3. The topological polar surface area (TPSA) is 132 Å². The zero-order valence-corrected chi connectivity index (χ0v) is 22.1. The molecular weight excluding hydrogens is 536 g/mol. The van der Waals surface area contributed by atoms with Crippen molar-refractivity contribution in [3.8, 4) is 22.3 Å². The van der Waals surface area contributed by atoms with Crippen molar-refractivity contribution >= 4 is 28.1 Å². The van der Waals surface area contributed by atoms with Gasteiger partial charge in [-0.15, -0.1) is 0 Å². The monoisotopic (exact) mass is 562 g/mol. The van der Waals surface area contributed by atoms with Crippen LogP contribution in [0, 0.1) is 0 Å². The fraction of sp³-hybridized carbons (Fsp3) is 0.308. The van der Waals surface area contributed by atoms with Crippen molar-refractivity contribution in [1.29, 1.82) is 0 Å². The molecule has 206 valence electrons. The molecule has 2 N–H and O–H groups in total. The van der Waals surface area contributed by atoms with Gasteiger partial charge < -0.3 is 24.4 Å². The Morgan fingerprint density at radius 1 is 1.15 bits per heavy atom. The van der Waals surface area contributed by atoms with Gasteiger partial charge in [-0.25, -0.2) is 9.78 Å². The lowest BCUT2D eigenvalue weighted by molar-refractivity contribution is -0.142.